The Hall–Kier alpha value is -3.23. The van der Waals surface area contributed by atoms with Crippen LogP contribution in [-0.4, -0.2) is 43.6 Å². The molecule has 144 valence electrons. The van der Waals surface area contributed by atoms with E-state index in [1.807, 2.05) is 12.1 Å². The number of nitrogens with two attached hydrogens (primary N) is 1. The molecule has 4 N–H and O–H groups in total. The van der Waals surface area contributed by atoms with Crippen LogP contribution in [0.4, 0.5) is 5.82 Å². The average molecular weight is 380 g/mol. The number of aliphatic hydroxyl groups excluding tert-OH is 2. The van der Waals surface area contributed by atoms with Gasteiger partial charge in [-0.1, -0.05) is 6.08 Å². The summed E-state index contributed by atoms with van der Waals surface area (Å²) >= 11 is 0. The van der Waals surface area contributed by atoms with Gasteiger partial charge in [0, 0.05) is 23.2 Å². The molecule has 1 aliphatic carbocycles. The van der Waals surface area contributed by atoms with Gasteiger partial charge in [-0.15, -0.1) is 0 Å². The van der Waals surface area contributed by atoms with Gasteiger partial charge in [0.2, 0.25) is 0 Å². The molecule has 0 saturated heterocycles. The quantitative estimate of drug-likeness (QED) is 0.576. The van der Waals surface area contributed by atoms with E-state index < -0.39 is 18.2 Å². The van der Waals surface area contributed by atoms with Crippen molar-refractivity contribution in [3.05, 3.63) is 70.4 Å². The van der Waals surface area contributed by atoms with E-state index >= 15 is 0 Å². The molecule has 0 saturated carbocycles. The Morgan fingerprint density at radius 3 is 2.79 bits per heavy atom. The number of aliphatic hydroxyl groups is 2. The second-order valence-corrected chi connectivity index (χ2v) is 6.82. The maximum absolute atomic E-state index is 12.2. The van der Waals surface area contributed by atoms with Crippen molar-refractivity contribution in [3.63, 3.8) is 0 Å². The minimum atomic E-state index is -1.15. The first kappa shape index (κ1) is 18.1. The molecule has 0 amide bonds. The molecular weight excluding hydrogens is 360 g/mol. The average Bonchev–Trinajstić information content (AvgIpc) is 2.94. The number of hydrogen-bond donors (Lipinski definition) is 3. The topological polar surface area (TPSA) is 123 Å². The van der Waals surface area contributed by atoms with Crippen LogP contribution >= 0.6 is 0 Å². The number of benzene rings is 1. The number of ether oxygens (including phenoxy) is 1. The zero-order valence-corrected chi connectivity index (χ0v) is 15.2. The van der Waals surface area contributed by atoms with Crippen LogP contribution in [-0.2, 0) is 0 Å². The number of pyridine rings is 1. The highest BCUT2D eigenvalue weighted by atomic mass is 16.5. The molecule has 3 aromatic rings. The van der Waals surface area contributed by atoms with Gasteiger partial charge in [0.15, 0.2) is 0 Å². The molecule has 1 aromatic carbocycles. The molecular formula is C20H20N4O4. The van der Waals surface area contributed by atoms with Crippen LogP contribution < -0.4 is 16.0 Å². The van der Waals surface area contributed by atoms with Gasteiger partial charge in [-0.3, -0.25) is 9.36 Å². The number of anilines is 1. The van der Waals surface area contributed by atoms with E-state index in [2.05, 4.69) is 9.97 Å². The van der Waals surface area contributed by atoms with E-state index in [0.29, 0.717) is 28.4 Å². The minimum absolute atomic E-state index is 0.0661. The van der Waals surface area contributed by atoms with E-state index in [1.54, 1.807) is 31.2 Å². The highest BCUT2D eigenvalue weighted by Gasteiger charge is 2.36. The summed E-state index contributed by atoms with van der Waals surface area (Å²) in [4.78, 5) is 20.5. The molecule has 8 nitrogen and oxygen atoms in total. The molecule has 3 atom stereocenters. The first-order valence-corrected chi connectivity index (χ1v) is 8.83. The van der Waals surface area contributed by atoms with Crippen molar-refractivity contribution >= 4 is 16.7 Å². The van der Waals surface area contributed by atoms with Gasteiger partial charge in [0.1, 0.15) is 30.4 Å². The predicted octanol–water partition coefficient (Wildman–Crippen LogP) is 0.964. The molecule has 0 fully saturated rings. The Balaban J connectivity index is 1.55. The lowest BCUT2D eigenvalue weighted by Crippen LogP contribution is -2.35. The maximum Gasteiger partial charge on any atom is 0.254 e. The SMILES string of the molecule is Cc1cc(=O)n([C@@H]2C=C(COc3ccc4ccc(N)nc4c3)[C@@H](O)[C@H]2O)cn1. The number of aromatic nitrogens is 3. The van der Waals surface area contributed by atoms with Gasteiger partial charge < -0.3 is 20.7 Å². The summed E-state index contributed by atoms with van der Waals surface area (Å²) in [6.07, 6.45) is 0.731. The van der Waals surface area contributed by atoms with E-state index in [-0.39, 0.29) is 12.2 Å². The fourth-order valence-electron chi connectivity index (χ4n) is 3.29. The monoisotopic (exact) mass is 380 g/mol. The van der Waals surface area contributed by atoms with Crippen LogP contribution in [0.2, 0.25) is 0 Å². The fourth-order valence-corrected chi connectivity index (χ4v) is 3.29. The fraction of sp³-hybridized carbons (Fsp3) is 0.250. The Bertz CT molecular complexity index is 1120. The number of nitrogens with zero attached hydrogens (tertiary/aromatic N) is 3. The van der Waals surface area contributed by atoms with Crippen LogP contribution in [0, 0.1) is 6.92 Å². The van der Waals surface area contributed by atoms with Gasteiger partial charge in [-0.05, 0) is 36.8 Å². The molecule has 0 bridgehead atoms. The van der Waals surface area contributed by atoms with E-state index in [0.717, 1.165) is 5.39 Å². The molecule has 28 heavy (non-hydrogen) atoms. The van der Waals surface area contributed by atoms with Crippen LogP contribution in [0.3, 0.4) is 0 Å². The van der Waals surface area contributed by atoms with Gasteiger partial charge in [-0.2, -0.15) is 0 Å². The zero-order chi connectivity index (χ0) is 19.8. The van der Waals surface area contributed by atoms with E-state index in [4.69, 9.17) is 10.5 Å². The predicted molar refractivity (Wildman–Crippen MR) is 104 cm³/mol. The maximum atomic E-state index is 12.2. The van der Waals surface area contributed by atoms with Gasteiger partial charge in [0.05, 0.1) is 17.9 Å². The minimum Gasteiger partial charge on any atom is -0.489 e. The summed E-state index contributed by atoms with van der Waals surface area (Å²) in [5.74, 6) is 0.979. The van der Waals surface area contributed by atoms with Crippen LogP contribution in [0.25, 0.3) is 10.9 Å². The molecule has 0 aliphatic heterocycles. The summed E-state index contributed by atoms with van der Waals surface area (Å²) in [5, 5.41) is 21.7. The lowest BCUT2D eigenvalue weighted by atomic mass is 10.1. The van der Waals surface area contributed by atoms with Crippen molar-refractivity contribution < 1.29 is 14.9 Å². The molecule has 0 radical (unpaired) electrons. The standard InChI is InChI=1S/C20H20N4O4/c1-11-6-18(25)24(10-22-11)16-7-13(19(26)20(16)27)9-28-14-4-2-12-3-5-17(21)23-15(12)8-14/h2-8,10,16,19-20,26-27H,9H2,1H3,(H2,21,23)/t16-,19-,20+/m1/s1. The number of rotatable bonds is 4. The first-order valence-electron chi connectivity index (χ1n) is 8.83. The Kier molecular flexibility index (Phi) is 4.58. The van der Waals surface area contributed by atoms with Gasteiger partial charge in [-0.25, -0.2) is 9.97 Å². The summed E-state index contributed by atoms with van der Waals surface area (Å²) in [6.45, 7) is 1.78. The normalized spacial score (nSPS) is 21.7. The van der Waals surface area contributed by atoms with Gasteiger partial charge in [0.25, 0.3) is 5.56 Å². The number of fused-ring (bicyclic) bond motifs is 1. The summed E-state index contributed by atoms with van der Waals surface area (Å²) in [5.41, 5.74) is 7.21. The molecule has 0 spiro atoms. The molecule has 4 rings (SSSR count). The second-order valence-electron chi connectivity index (χ2n) is 6.82. The third-order valence-corrected chi connectivity index (χ3v) is 4.82. The van der Waals surface area contributed by atoms with Crippen molar-refractivity contribution in [2.45, 2.75) is 25.2 Å². The molecule has 2 heterocycles. The highest BCUT2D eigenvalue weighted by Crippen LogP contribution is 2.29. The molecule has 2 aromatic heterocycles. The largest absolute Gasteiger partial charge is 0.489 e. The number of nitrogen functional groups attached to an aromatic ring is 1. The summed E-state index contributed by atoms with van der Waals surface area (Å²) < 4.78 is 7.07. The van der Waals surface area contributed by atoms with Crippen molar-refractivity contribution in [3.8, 4) is 5.75 Å². The van der Waals surface area contributed by atoms with E-state index in [1.165, 1.54) is 17.0 Å². The lowest BCUT2D eigenvalue weighted by molar-refractivity contribution is 0.0278. The first-order chi connectivity index (χ1) is 13.4. The Labute approximate surface area is 160 Å². The Morgan fingerprint density at radius 1 is 1.21 bits per heavy atom. The third-order valence-electron chi connectivity index (χ3n) is 4.82. The van der Waals surface area contributed by atoms with Crippen molar-refractivity contribution in [2.75, 3.05) is 12.3 Å². The molecule has 1 aliphatic rings. The summed E-state index contributed by atoms with van der Waals surface area (Å²) in [6, 6.07) is 9.71. The number of aryl methyl sites for hydroxylation is 1. The highest BCUT2D eigenvalue weighted by molar-refractivity contribution is 5.81. The van der Waals surface area contributed by atoms with Crippen molar-refractivity contribution in [1.29, 1.82) is 0 Å². The van der Waals surface area contributed by atoms with Crippen molar-refractivity contribution in [1.82, 2.24) is 14.5 Å². The lowest BCUT2D eigenvalue weighted by Gasteiger charge is -2.19. The molecule has 8 heteroatoms. The zero-order valence-electron chi connectivity index (χ0n) is 15.2. The van der Waals surface area contributed by atoms with Crippen LogP contribution in [0.5, 0.6) is 5.75 Å². The smallest absolute Gasteiger partial charge is 0.254 e. The van der Waals surface area contributed by atoms with Crippen molar-refractivity contribution in [2.24, 2.45) is 0 Å². The third kappa shape index (κ3) is 3.35. The van der Waals surface area contributed by atoms with Gasteiger partial charge >= 0.3 is 0 Å². The Morgan fingerprint density at radius 2 is 2.00 bits per heavy atom. The summed E-state index contributed by atoms with van der Waals surface area (Å²) in [7, 11) is 0. The molecule has 0 unspecified atom stereocenters. The van der Waals surface area contributed by atoms with Crippen LogP contribution in [0.1, 0.15) is 11.7 Å². The number of hydrogen-bond acceptors (Lipinski definition) is 7. The van der Waals surface area contributed by atoms with Crippen LogP contribution in [0.15, 0.2) is 59.2 Å². The second kappa shape index (κ2) is 7.06. The van der Waals surface area contributed by atoms with E-state index in [9.17, 15) is 15.0 Å².